The van der Waals surface area contributed by atoms with Gasteiger partial charge in [0.1, 0.15) is 0 Å². The lowest BCUT2D eigenvalue weighted by Gasteiger charge is -2.04. The second-order valence-corrected chi connectivity index (χ2v) is 2.76. The van der Waals surface area contributed by atoms with Crippen molar-refractivity contribution in [3.63, 3.8) is 0 Å². The topological polar surface area (TPSA) is 44.0 Å². The Labute approximate surface area is 70.1 Å². The van der Waals surface area contributed by atoms with Gasteiger partial charge in [-0.2, -0.15) is 0 Å². The summed E-state index contributed by atoms with van der Waals surface area (Å²) in [5.74, 6) is 0. The first-order valence-corrected chi connectivity index (χ1v) is 3.85. The molecule has 0 radical (unpaired) electrons. The van der Waals surface area contributed by atoms with Gasteiger partial charge < -0.3 is 4.57 Å². The van der Waals surface area contributed by atoms with E-state index in [2.05, 4.69) is 0 Å². The van der Waals surface area contributed by atoms with Crippen molar-refractivity contribution in [3.05, 3.63) is 32.6 Å². The Hall–Kier alpha value is -1.32. The molecule has 0 bridgehead atoms. The molecule has 66 valence electrons. The van der Waals surface area contributed by atoms with Crippen molar-refractivity contribution < 1.29 is 0 Å². The van der Waals surface area contributed by atoms with Crippen LogP contribution in [0.4, 0.5) is 0 Å². The van der Waals surface area contributed by atoms with Crippen molar-refractivity contribution in [3.8, 4) is 0 Å². The Morgan fingerprint density at radius 3 is 2.50 bits per heavy atom. The molecule has 1 aromatic rings. The zero-order valence-corrected chi connectivity index (χ0v) is 7.50. The second-order valence-electron chi connectivity index (χ2n) is 2.76. The van der Waals surface area contributed by atoms with Crippen LogP contribution in [-0.4, -0.2) is 9.13 Å². The molecule has 0 aliphatic carbocycles. The average molecular weight is 168 g/mol. The van der Waals surface area contributed by atoms with E-state index in [1.807, 2.05) is 0 Å². The zero-order valence-electron chi connectivity index (χ0n) is 7.50. The lowest BCUT2D eigenvalue weighted by molar-refractivity contribution is 0.615. The molecular weight excluding hydrogens is 156 g/mol. The molecular formula is C8H12N2O2. The van der Waals surface area contributed by atoms with Crippen LogP contribution in [0.3, 0.4) is 0 Å². The lowest BCUT2D eigenvalue weighted by atomic mass is 10.4. The Bertz CT molecular complexity index is 366. The van der Waals surface area contributed by atoms with E-state index in [1.165, 1.54) is 9.13 Å². The molecule has 0 aliphatic heterocycles. The van der Waals surface area contributed by atoms with Gasteiger partial charge in [-0.3, -0.25) is 9.36 Å². The first-order valence-electron chi connectivity index (χ1n) is 3.85. The van der Waals surface area contributed by atoms with Crippen LogP contribution in [0.2, 0.25) is 0 Å². The van der Waals surface area contributed by atoms with E-state index in [9.17, 15) is 9.59 Å². The molecule has 4 heteroatoms. The minimum Gasteiger partial charge on any atom is -0.303 e. The molecule has 0 atom stereocenters. The standard InChI is InChI=1S/C8H12N2O2/c1-4-10-7(11)6(2)5-9(3)8(10)12/h5H,4H2,1-3H3. The molecule has 0 aromatic carbocycles. The van der Waals surface area contributed by atoms with Crippen LogP contribution >= 0.6 is 0 Å². The summed E-state index contributed by atoms with van der Waals surface area (Å²) in [5.41, 5.74) is 0.146. The Balaban J connectivity index is 3.65. The van der Waals surface area contributed by atoms with E-state index < -0.39 is 0 Å². The third kappa shape index (κ3) is 1.20. The van der Waals surface area contributed by atoms with Crippen LogP contribution < -0.4 is 11.2 Å². The normalized spacial score (nSPS) is 10.2. The largest absolute Gasteiger partial charge is 0.330 e. The zero-order chi connectivity index (χ0) is 9.30. The van der Waals surface area contributed by atoms with Gasteiger partial charge in [0, 0.05) is 25.4 Å². The van der Waals surface area contributed by atoms with Crippen molar-refractivity contribution in [2.75, 3.05) is 0 Å². The Morgan fingerprint density at radius 2 is 2.00 bits per heavy atom. The third-order valence-electron chi connectivity index (χ3n) is 1.82. The minimum atomic E-state index is -0.256. The van der Waals surface area contributed by atoms with Crippen LogP contribution in [0, 0.1) is 6.92 Å². The summed E-state index contributed by atoms with van der Waals surface area (Å²) in [4.78, 5) is 22.6. The molecule has 0 fully saturated rings. The smallest absolute Gasteiger partial charge is 0.303 e. The number of rotatable bonds is 1. The van der Waals surface area contributed by atoms with Crippen molar-refractivity contribution in [2.45, 2.75) is 20.4 Å². The molecule has 0 N–H and O–H groups in total. The number of aromatic nitrogens is 2. The maximum Gasteiger partial charge on any atom is 0.330 e. The highest BCUT2D eigenvalue weighted by atomic mass is 16.2. The molecule has 0 unspecified atom stereocenters. The summed E-state index contributed by atoms with van der Waals surface area (Å²) in [6.45, 7) is 3.91. The molecule has 0 saturated heterocycles. The highest BCUT2D eigenvalue weighted by Gasteiger charge is 2.03. The van der Waals surface area contributed by atoms with Gasteiger partial charge in [-0.05, 0) is 13.8 Å². The molecule has 1 rings (SSSR count). The van der Waals surface area contributed by atoms with Gasteiger partial charge in [0.2, 0.25) is 0 Å². The van der Waals surface area contributed by atoms with Gasteiger partial charge in [0.15, 0.2) is 0 Å². The van der Waals surface area contributed by atoms with Crippen LogP contribution in [0.1, 0.15) is 12.5 Å². The molecule has 12 heavy (non-hydrogen) atoms. The second kappa shape index (κ2) is 2.97. The van der Waals surface area contributed by atoms with Crippen molar-refractivity contribution in [2.24, 2.45) is 7.05 Å². The van der Waals surface area contributed by atoms with Gasteiger partial charge >= 0.3 is 5.69 Å². The van der Waals surface area contributed by atoms with E-state index in [1.54, 1.807) is 27.1 Å². The van der Waals surface area contributed by atoms with E-state index in [4.69, 9.17) is 0 Å². The molecule has 0 aliphatic rings. The summed E-state index contributed by atoms with van der Waals surface area (Å²) in [6, 6.07) is 0. The number of hydrogen-bond acceptors (Lipinski definition) is 2. The van der Waals surface area contributed by atoms with Gasteiger partial charge in [-0.15, -0.1) is 0 Å². The van der Waals surface area contributed by atoms with Crippen molar-refractivity contribution >= 4 is 0 Å². The number of hydrogen-bond donors (Lipinski definition) is 0. The first kappa shape index (κ1) is 8.77. The monoisotopic (exact) mass is 168 g/mol. The fourth-order valence-electron chi connectivity index (χ4n) is 1.17. The quantitative estimate of drug-likeness (QED) is 0.586. The van der Waals surface area contributed by atoms with Gasteiger partial charge in [0.05, 0.1) is 0 Å². The predicted molar refractivity (Wildman–Crippen MR) is 46.4 cm³/mol. The van der Waals surface area contributed by atoms with Crippen molar-refractivity contribution in [1.29, 1.82) is 0 Å². The Kier molecular flexibility index (Phi) is 2.17. The molecule has 4 nitrogen and oxygen atoms in total. The number of nitrogens with zero attached hydrogens (tertiary/aromatic N) is 2. The maximum atomic E-state index is 11.3. The fraction of sp³-hybridized carbons (Fsp3) is 0.500. The van der Waals surface area contributed by atoms with E-state index in [0.717, 1.165) is 0 Å². The minimum absolute atomic E-state index is 0.194. The SMILES string of the molecule is CCn1c(=O)c(C)cn(C)c1=O. The summed E-state index contributed by atoms with van der Waals surface area (Å²) in [7, 11) is 1.64. The predicted octanol–water partition coefficient (Wildman–Crippen LogP) is -0.125. The lowest BCUT2D eigenvalue weighted by Crippen LogP contribution is -2.39. The molecule has 0 saturated carbocycles. The van der Waals surface area contributed by atoms with Gasteiger partial charge in [0.25, 0.3) is 5.56 Å². The highest BCUT2D eigenvalue weighted by Crippen LogP contribution is 1.82. The van der Waals surface area contributed by atoms with Crippen LogP contribution in [0.5, 0.6) is 0 Å². The summed E-state index contributed by atoms with van der Waals surface area (Å²) in [6.07, 6.45) is 1.55. The maximum absolute atomic E-state index is 11.3. The average Bonchev–Trinajstić information content (AvgIpc) is 2.02. The van der Waals surface area contributed by atoms with Crippen LogP contribution in [0.15, 0.2) is 15.8 Å². The summed E-state index contributed by atoms with van der Waals surface area (Å²) in [5, 5.41) is 0. The fourth-order valence-corrected chi connectivity index (χ4v) is 1.17. The van der Waals surface area contributed by atoms with Crippen LogP contribution in [-0.2, 0) is 13.6 Å². The third-order valence-corrected chi connectivity index (χ3v) is 1.82. The number of aryl methyl sites for hydroxylation is 2. The molecule has 1 aromatic heterocycles. The summed E-state index contributed by atoms with van der Waals surface area (Å²) >= 11 is 0. The van der Waals surface area contributed by atoms with E-state index in [-0.39, 0.29) is 11.2 Å². The first-order chi connectivity index (χ1) is 5.57. The summed E-state index contributed by atoms with van der Waals surface area (Å²) < 4.78 is 2.63. The molecule has 0 spiro atoms. The molecule has 1 heterocycles. The van der Waals surface area contributed by atoms with E-state index in [0.29, 0.717) is 12.1 Å². The highest BCUT2D eigenvalue weighted by molar-refractivity contribution is 5.01. The van der Waals surface area contributed by atoms with Crippen molar-refractivity contribution in [1.82, 2.24) is 9.13 Å². The van der Waals surface area contributed by atoms with Gasteiger partial charge in [-0.1, -0.05) is 0 Å². The molecule has 0 amide bonds. The van der Waals surface area contributed by atoms with Crippen LogP contribution in [0.25, 0.3) is 0 Å². The van der Waals surface area contributed by atoms with E-state index >= 15 is 0 Å². The Morgan fingerprint density at radius 1 is 1.42 bits per heavy atom. The van der Waals surface area contributed by atoms with Gasteiger partial charge in [-0.25, -0.2) is 4.79 Å².